The third-order valence-corrected chi connectivity index (χ3v) is 4.66. The van der Waals surface area contributed by atoms with Crippen LogP contribution < -0.4 is 10.2 Å². The van der Waals surface area contributed by atoms with Gasteiger partial charge in [-0.25, -0.2) is 14.6 Å². The van der Waals surface area contributed by atoms with E-state index in [0.29, 0.717) is 18.2 Å². The third kappa shape index (κ3) is 3.76. The van der Waals surface area contributed by atoms with E-state index < -0.39 is 0 Å². The number of hydrogen-bond acceptors (Lipinski definition) is 7. The van der Waals surface area contributed by atoms with Gasteiger partial charge in [0.15, 0.2) is 11.6 Å². The van der Waals surface area contributed by atoms with Crippen LogP contribution in [0.2, 0.25) is 0 Å². The van der Waals surface area contributed by atoms with Crippen LogP contribution >= 0.6 is 0 Å². The molecule has 0 spiro atoms. The Labute approximate surface area is 156 Å². The molecule has 1 atom stereocenters. The average molecular weight is 364 g/mol. The molecule has 3 aromatic heterocycles. The molecular weight excluding hydrogens is 344 g/mol. The number of rotatable bonds is 4. The fourth-order valence-corrected chi connectivity index (χ4v) is 3.17. The Hall–Kier alpha value is -3.36. The standard InChI is InChI=1S/C18H20N8O/c1-13-4-2-8-20-17(13)22-18(27)14-5-3-9-25(10-14)15-6-7-16(24-23-15)26-12-19-11-21-26/h2,4,6-8,11-12,14H,3,5,9-10H2,1H3,(H,20,22,27). The van der Waals surface area contributed by atoms with Gasteiger partial charge in [-0.3, -0.25) is 4.79 Å². The predicted octanol–water partition coefficient (Wildman–Crippen LogP) is 1.62. The first-order valence-electron chi connectivity index (χ1n) is 8.87. The first-order valence-corrected chi connectivity index (χ1v) is 8.87. The zero-order valence-corrected chi connectivity index (χ0v) is 15.0. The van der Waals surface area contributed by atoms with Crippen molar-refractivity contribution in [1.82, 2.24) is 29.9 Å². The number of hydrogen-bond donors (Lipinski definition) is 1. The number of amides is 1. The van der Waals surface area contributed by atoms with Crippen LogP contribution in [0.25, 0.3) is 5.82 Å². The van der Waals surface area contributed by atoms with E-state index >= 15 is 0 Å². The molecule has 1 aliphatic heterocycles. The van der Waals surface area contributed by atoms with E-state index in [-0.39, 0.29) is 11.8 Å². The quantitative estimate of drug-likeness (QED) is 0.750. The van der Waals surface area contributed by atoms with Gasteiger partial charge in [-0.1, -0.05) is 6.07 Å². The second kappa shape index (κ2) is 7.48. The number of pyridine rings is 1. The van der Waals surface area contributed by atoms with Crippen molar-refractivity contribution in [2.75, 3.05) is 23.3 Å². The lowest BCUT2D eigenvalue weighted by atomic mass is 9.97. The van der Waals surface area contributed by atoms with Gasteiger partial charge in [0.1, 0.15) is 18.5 Å². The maximum Gasteiger partial charge on any atom is 0.230 e. The first-order chi connectivity index (χ1) is 13.2. The smallest absolute Gasteiger partial charge is 0.230 e. The van der Waals surface area contributed by atoms with Gasteiger partial charge in [-0.15, -0.1) is 10.2 Å². The van der Waals surface area contributed by atoms with Crippen LogP contribution in [0.4, 0.5) is 11.6 Å². The fourth-order valence-electron chi connectivity index (χ4n) is 3.17. The fraction of sp³-hybridized carbons (Fsp3) is 0.333. The average Bonchev–Trinajstić information content (AvgIpc) is 3.25. The molecule has 27 heavy (non-hydrogen) atoms. The second-order valence-corrected chi connectivity index (χ2v) is 6.53. The molecule has 1 aliphatic rings. The molecule has 138 valence electrons. The minimum Gasteiger partial charge on any atom is -0.354 e. The summed E-state index contributed by atoms with van der Waals surface area (Å²) in [6.07, 6.45) is 6.48. The molecule has 0 aliphatic carbocycles. The third-order valence-electron chi connectivity index (χ3n) is 4.66. The monoisotopic (exact) mass is 364 g/mol. The van der Waals surface area contributed by atoms with Crippen molar-refractivity contribution >= 4 is 17.5 Å². The highest BCUT2D eigenvalue weighted by Gasteiger charge is 2.27. The number of carbonyl (C=O) groups is 1. The lowest BCUT2D eigenvalue weighted by molar-refractivity contribution is -0.120. The van der Waals surface area contributed by atoms with Crippen molar-refractivity contribution in [2.45, 2.75) is 19.8 Å². The minimum atomic E-state index is -0.114. The number of nitrogens with zero attached hydrogens (tertiary/aromatic N) is 7. The molecule has 4 rings (SSSR count). The van der Waals surface area contributed by atoms with E-state index in [1.54, 1.807) is 17.2 Å². The number of piperidine rings is 1. The summed E-state index contributed by atoms with van der Waals surface area (Å²) in [5.41, 5.74) is 0.952. The summed E-state index contributed by atoms with van der Waals surface area (Å²) in [7, 11) is 0. The van der Waals surface area contributed by atoms with Crippen molar-refractivity contribution in [2.24, 2.45) is 5.92 Å². The van der Waals surface area contributed by atoms with E-state index in [1.165, 1.54) is 6.33 Å². The van der Waals surface area contributed by atoms with Gasteiger partial charge in [-0.2, -0.15) is 5.10 Å². The minimum absolute atomic E-state index is 0.00584. The Kier molecular flexibility index (Phi) is 4.73. The van der Waals surface area contributed by atoms with Crippen molar-refractivity contribution in [1.29, 1.82) is 0 Å². The second-order valence-electron chi connectivity index (χ2n) is 6.53. The van der Waals surface area contributed by atoms with Crippen LogP contribution in [0.15, 0.2) is 43.1 Å². The molecular formula is C18H20N8O. The maximum atomic E-state index is 12.7. The molecule has 1 N–H and O–H groups in total. The molecule has 1 amide bonds. The lowest BCUT2D eigenvalue weighted by Gasteiger charge is -2.32. The number of carbonyl (C=O) groups excluding carboxylic acids is 1. The first kappa shape index (κ1) is 17.1. The van der Waals surface area contributed by atoms with Crippen LogP contribution in [-0.2, 0) is 4.79 Å². The number of nitrogens with one attached hydrogen (secondary N) is 1. The molecule has 0 saturated carbocycles. The molecule has 1 unspecified atom stereocenters. The molecule has 9 heteroatoms. The normalized spacial score (nSPS) is 16.9. The molecule has 1 fully saturated rings. The molecule has 0 bridgehead atoms. The summed E-state index contributed by atoms with van der Waals surface area (Å²) < 4.78 is 1.55. The summed E-state index contributed by atoms with van der Waals surface area (Å²) in [6, 6.07) is 7.53. The Morgan fingerprint density at radius 3 is 2.81 bits per heavy atom. The van der Waals surface area contributed by atoms with Gasteiger partial charge >= 0.3 is 0 Å². The SMILES string of the molecule is Cc1cccnc1NC(=O)C1CCCN(c2ccc(-n3cncn3)nn2)C1. The topological polar surface area (TPSA) is 102 Å². The number of aromatic nitrogens is 6. The highest BCUT2D eigenvalue weighted by Crippen LogP contribution is 2.23. The maximum absolute atomic E-state index is 12.7. The summed E-state index contributed by atoms with van der Waals surface area (Å²) in [4.78, 5) is 22.9. The van der Waals surface area contributed by atoms with Crippen LogP contribution in [0.5, 0.6) is 0 Å². The highest BCUT2D eigenvalue weighted by molar-refractivity contribution is 5.92. The lowest BCUT2D eigenvalue weighted by Crippen LogP contribution is -2.41. The van der Waals surface area contributed by atoms with Crippen LogP contribution in [0.1, 0.15) is 18.4 Å². The Bertz CT molecular complexity index is 909. The molecule has 0 aromatic carbocycles. The Morgan fingerprint density at radius 2 is 2.07 bits per heavy atom. The molecule has 1 saturated heterocycles. The number of anilines is 2. The number of aryl methyl sites for hydroxylation is 1. The van der Waals surface area contributed by atoms with E-state index in [2.05, 4.69) is 35.5 Å². The molecule has 4 heterocycles. The Morgan fingerprint density at radius 1 is 1.22 bits per heavy atom. The van der Waals surface area contributed by atoms with E-state index in [0.717, 1.165) is 30.8 Å². The summed E-state index contributed by atoms with van der Waals surface area (Å²) in [6.45, 7) is 3.39. The van der Waals surface area contributed by atoms with Crippen molar-refractivity contribution < 1.29 is 4.79 Å². The zero-order chi connectivity index (χ0) is 18.6. The van der Waals surface area contributed by atoms with Crippen LogP contribution in [0, 0.1) is 12.8 Å². The van der Waals surface area contributed by atoms with E-state index in [4.69, 9.17) is 0 Å². The van der Waals surface area contributed by atoms with Crippen molar-refractivity contribution in [3.63, 3.8) is 0 Å². The largest absolute Gasteiger partial charge is 0.354 e. The summed E-state index contributed by atoms with van der Waals surface area (Å²) >= 11 is 0. The van der Waals surface area contributed by atoms with Gasteiger partial charge < -0.3 is 10.2 Å². The van der Waals surface area contributed by atoms with Gasteiger partial charge in [0, 0.05) is 19.3 Å². The summed E-state index contributed by atoms with van der Waals surface area (Å²) in [5, 5.41) is 15.5. The van der Waals surface area contributed by atoms with Gasteiger partial charge in [0.25, 0.3) is 0 Å². The molecule has 0 radical (unpaired) electrons. The van der Waals surface area contributed by atoms with Crippen LogP contribution in [0.3, 0.4) is 0 Å². The predicted molar refractivity (Wildman–Crippen MR) is 99.5 cm³/mol. The molecule has 3 aromatic rings. The van der Waals surface area contributed by atoms with Crippen LogP contribution in [-0.4, -0.2) is 48.9 Å². The van der Waals surface area contributed by atoms with E-state index in [1.807, 2.05) is 31.2 Å². The molecule has 9 nitrogen and oxygen atoms in total. The van der Waals surface area contributed by atoms with Gasteiger partial charge in [0.05, 0.1) is 5.92 Å². The Balaban J connectivity index is 1.43. The summed E-state index contributed by atoms with van der Waals surface area (Å²) in [5.74, 6) is 1.86. The zero-order valence-electron chi connectivity index (χ0n) is 15.0. The van der Waals surface area contributed by atoms with Gasteiger partial charge in [-0.05, 0) is 43.5 Å². The van der Waals surface area contributed by atoms with Gasteiger partial charge in [0.2, 0.25) is 5.91 Å². The van der Waals surface area contributed by atoms with Crippen molar-refractivity contribution in [3.8, 4) is 5.82 Å². The highest BCUT2D eigenvalue weighted by atomic mass is 16.2. The van der Waals surface area contributed by atoms with E-state index in [9.17, 15) is 4.79 Å². The van der Waals surface area contributed by atoms with Crippen molar-refractivity contribution in [3.05, 3.63) is 48.7 Å².